The van der Waals surface area contributed by atoms with Gasteiger partial charge < -0.3 is 10.2 Å². The second kappa shape index (κ2) is 8.92. The molecule has 118 valence electrons. The topological polar surface area (TPSA) is 15.3 Å². The highest BCUT2D eigenvalue weighted by Crippen LogP contribution is 2.21. The summed E-state index contributed by atoms with van der Waals surface area (Å²) < 4.78 is 1.21. The Hall–Kier alpha value is -0.380. The van der Waals surface area contributed by atoms with E-state index in [0.29, 0.717) is 0 Å². The Morgan fingerprint density at radius 2 is 2.00 bits per heavy atom. The lowest BCUT2D eigenvalue weighted by molar-refractivity contribution is 0.189. The Labute approximate surface area is 138 Å². The van der Waals surface area contributed by atoms with Gasteiger partial charge in [-0.1, -0.05) is 47.3 Å². The maximum absolute atomic E-state index is 3.60. The average molecular weight is 353 g/mol. The Morgan fingerprint density at radius 1 is 1.24 bits per heavy atom. The third-order valence-corrected chi connectivity index (χ3v) is 5.48. The molecule has 1 fully saturated rings. The summed E-state index contributed by atoms with van der Waals surface area (Å²) in [6, 6.07) is 7.45. The van der Waals surface area contributed by atoms with Crippen LogP contribution in [0.1, 0.15) is 49.7 Å². The van der Waals surface area contributed by atoms with E-state index in [9.17, 15) is 0 Å². The van der Waals surface area contributed by atoms with E-state index in [2.05, 4.69) is 58.3 Å². The molecule has 0 unspecified atom stereocenters. The van der Waals surface area contributed by atoms with Crippen molar-refractivity contribution >= 4 is 15.9 Å². The highest BCUT2D eigenvalue weighted by molar-refractivity contribution is 9.10. The number of hydrogen-bond donors (Lipinski definition) is 1. The van der Waals surface area contributed by atoms with Crippen molar-refractivity contribution in [1.82, 2.24) is 10.2 Å². The van der Waals surface area contributed by atoms with Crippen molar-refractivity contribution in [3.8, 4) is 0 Å². The van der Waals surface area contributed by atoms with Crippen molar-refractivity contribution < 1.29 is 0 Å². The van der Waals surface area contributed by atoms with Crippen LogP contribution >= 0.6 is 15.9 Å². The summed E-state index contributed by atoms with van der Waals surface area (Å²) in [5.41, 5.74) is 2.65. The lowest BCUT2D eigenvalue weighted by Gasteiger charge is -2.31. The first-order valence-electron chi connectivity index (χ1n) is 8.33. The van der Waals surface area contributed by atoms with Crippen LogP contribution in [0.5, 0.6) is 0 Å². The molecule has 0 atom stereocenters. The highest BCUT2D eigenvalue weighted by Gasteiger charge is 2.16. The van der Waals surface area contributed by atoms with Gasteiger partial charge in [-0.3, -0.25) is 0 Å². The average Bonchev–Trinajstić information content (AvgIpc) is 2.51. The second-order valence-electron chi connectivity index (χ2n) is 6.39. The molecule has 0 saturated heterocycles. The first-order chi connectivity index (χ1) is 10.2. The number of halogens is 1. The molecule has 21 heavy (non-hydrogen) atoms. The molecular weight excluding hydrogens is 324 g/mol. The zero-order chi connectivity index (χ0) is 15.1. The van der Waals surface area contributed by atoms with E-state index in [1.165, 1.54) is 60.7 Å². The largest absolute Gasteiger partial charge is 0.313 e. The standard InChI is InChI=1S/C18H29BrN2/c1-15-9-10-16(13-18(15)19)14-20-11-6-12-21(2)17-7-4-3-5-8-17/h9-10,13,17,20H,3-8,11-12,14H2,1-2H3. The smallest absolute Gasteiger partial charge is 0.0207 e. The van der Waals surface area contributed by atoms with E-state index in [0.717, 1.165) is 19.1 Å². The van der Waals surface area contributed by atoms with Crippen molar-refractivity contribution in [2.24, 2.45) is 0 Å². The second-order valence-corrected chi connectivity index (χ2v) is 7.24. The van der Waals surface area contributed by atoms with Gasteiger partial charge >= 0.3 is 0 Å². The van der Waals surface area contributed by atoms with Crippen LogP contribution in [0.25, 0.3) is 0 Å². The monoisotopic (exact) mass is 352 g/mol. The minimum Gasteiger partial charge on any atom is -0.313 e. The van der Waals surface area contributed by atoms with Gasteiger partial charge in [-0.15, -0.1) is 0 Å². The van der Waals surface area contributed by atoms with Gasteiger partial charge in [0.2, 0.25) is 0 Å². The minimum atomic E-state index is 0.840. The van der Waals surface area contributed by atoms with Gasteiger partial charge in [-0.2, -0.15) is 0 Å². The van der Waals surface area contributed by atoms with Crippen molar-refractivity contribution in [1.29, 1.82) is 0 Å². The molecule has 0 aromatic heterocycles. The van der Waals surface area contributed by atoms with Crippen LogP contribution in [0.2, 0.25) is 0 Å². The van der Waals surface area contributed by atoms with Crippen LogP contribution < -0.4 is 5.32 Å². The van der Waals surface area contributed by atoms with E-state index in [-0.39, 0.29) is 0 Å². The van der Waals surface area contributed by atoms with Crippen LogP contribution in [0.15, 0.2) is 22.7 Å². The molecule has 2 nitrogen and oxygen atoms in total. The first kappa shape index (κ1) is 17.0. The quantitative estimate of drug-likeness (QED) is 0.726. The lowest BCUT2D eigenvalue weighted by atomic mass is 9.94. The molecule has 2 rings (SSSR count). The van der Waals surface area contributed by atoms with Crippen molar-refractivity contribution in [2.45, 2.75) is 58.0 Å². The third kappa shape index (κ3) is 5.72. The van der Waals surface area contributed by atoms with E-state index in [4.69, 9.17) is 0 Å². The van der Waals surface area contributed by atoms with E-state index < -0.39 is 0 Å². The third-order valence-electron chi connectivity index (χ3n) is 4.63. The van der Waals surface area contributed by atoms with Gasteiger partial charge in [0, 0.05) is 17.1 Å². The zero-order valence-electron chi connectivity index (χ0n) is 13.5. The Bertz CT molecular complexity index is 427. The fourth-order valence-corrected chi connectivity index (χ4v) is 3.56. The van der Waals surface area contributed by atoms with Crippen LogP contribution in [0, 0.1) is 6.92 Å². The van der Waals surface area contributed by atoms with Crippen LogP contribution in [-0.2, 0) is 6.54 Å². The Kier molecular flexibility index (Phi) is 7.21. The summed E-state index contributed by atoms with van der Waals surface area (Å²) in [6.45, 7) is 5.41. The van der Waals surface area contributed by atoms with Gasteiger partial charge in [0.05, 0.1) is 0 Å². The van der Waals surface area contributed by atoms with Crippen molar-refractivity contribution in [3.63, 3.8) is 0 Å². The van der Waals surface area contributed by atoms with Gasteiger partial charge in [-0.05, 0) is 63.5 Å². The number of hydrogen-bond acceptors (Lipinski definition) is 2. The summed E-state index contributed by atoms with van der Waals surface area (Å²) in [4.78, 5) is 2.57. The van der Waals surface area contributed by atoms with Gasteiger partial charge in [0.1, 0.15) is 0 Å². The fraction of sp³-hybridized carbons (Fsp3) is 0.667. The normalized spacial score (nSPS) is 16.6. The molecule has 0 spiro atoms. The Morgan fingerprint density at radius 3 is 2.71 bits per heavy atom. The molecule has 3 heteroatoms. The maximum atomic E-state index is 3.60. The molecule has 0 heterocycles. The zero-order valence-corrected chi connectivity index (χ0v) is 15.1. The van der Waals surface area contributed by atoms with Crippen molar-refractivity contribution in [3.05, 3.63) is 33.8 Å². The van der Waals surface area contributed by atoms with Gasteiger partial charge in [-0.25, -0.2) is 0 Å². The molecule has 0 amide bonds. The Balaban J connectivity index is 1.60. The van der Waals surface area contributed by atoms with E-state index in [1.807, 2.05) is 0 Å². The predicted octanol–water partition coefficient (Wildman–Crippen LogP) is 4.50. The molecule has 1 aromatic rings. The number of rotatable bonds is 7. The lowest BCUT2D eigenvalue weighted by Crippen LogP contribution is -2.35. The first-order valence-corrected chi connectivity index (χ1v) is 9.12. The summed E-state index contributed by atoms with van der Waals surface area (Å²) >= 11 is 3.60. The van der Waals surface area contributed by atoms with E-state index >= 15 is 0 Å². The van der Waals surface area contributed by atoms with Crippen LogP contribution in [0.3, 0.4) is 0 Å². The summed E-state index contributed by atoms with van der Waals surface area (Å²) in [7, 11) is 2.30. The molecule has 1 saturated carbocycles. The molecular formula is C18H29BrN2. The molecule has 1 aliphatic rings. The SMILES string of the molecule is Cc1ccc(CNCCCN(C)C2CCCCC2)cc1Br. The van der Waals surface area contributed by atoms with Gasteiger partial charge in [0.15, 0.2) is 0 Å². The molecule has 1 aromatic carbocycles. The fourth-order valence-electron chi connectivity index (χ4n) is 3.14. The van der Waals surface area contributed by atoms with Gasteiger partial charge in [0.25, 0.3) is 0 Å². The number of nitrogens with one attached hydrogen (secondary N) is 1. The summed E-state index contributed by atoms with van der Waals surface area (Å²) in [5, 5.41) is 3.56. The maximum Gasteiger partial charge on any atom is 0.0207 e. The van der Waals surface area contributed by atoms with Crippen molar-refractivity contribution in [2.75, 3.05) is 20.1 Å². The molecule has 0 aliphatic heterocycles. The minimum absolute atomic E-state index is 0.840. The predicted molar refractivity (Wildman–Crippen MR) is 94.7 cm³/mol. The molecule has 0 bridgehead atoms. The molecule has 1 aliphatic carbocycles. The summed E-state index contributed by atoms with van der Waals surface area (Å²) in [6.07, 6.45) is 8.34. The van der Waals surface area contributed by atoms with Crippen LogP contribution in [0.4, 0.5) is 0 Å². The van der Waals surface area contributed by atoms with Crippen LogP contribution in [-0.4, -0.2) is 31.1 Å². The number of nitrogens with zero attached hydrogens (tertiary/aromatic N) is 1. The highest BCUT2D eigenvalue weighted by atomic mass is 79.9. The number of aryl methyl sites for hydroxylation is 1. The molecule has 1 N–H and O–H groups in total. The summed E-state index contributed by atoms with van der Waals surface area (Å²) in [5.74, 6) is 0. The number of benzene rings is 1. The molecule has 0 radical (unpaired) electrons. The van der Waals surface area contributed by atoms with E-state index in [1.54, 1.807) is 0 Å².